The summed E-state index contributed by atoms with van der Waals surface area (Å²) in [6.45, 7) is 0. The second kappa shape index (κ2) is 3.74. The highest BCUT2D eigenvalue weighted by Crippen LogP contribution is 2.30. The summed E-state index contributed by atoms with van der Waals surface area (Å²) >= 11 is 2.26. The number of ether oxygens (including phenoxy) is 2. The Morgan fingerprint density at radius 1 is 1.23 bits per heavy atom. The van der Waals surface area contributed by atoms with E-state index in [9.17, 15) is 0 Å². The lowest BCUT2D eigenvalue weighted by Crippen LogP contribution is -1.96. The van der Waals surface area contributed by atoms with Crippen LogP contribution in [0.25, 0.3) is 0 Å². The van der Waals surface area contributed by atoms with Crippen molar-refractivity contribution >= 4 is 22.6 Å². The van der Waals surface area contributed by atoms with Crippen molar-refractivity contribution in [2.45, 2.75) is 18.9 Å². The largest absolute Gasteiger partial charge is 0.497 e. The van der Waals surface area contributed by atoms with Crippen molar-refractivity contribution in [3.8, 4) is 11.5 Å². The average molecular weight is 290 g/mol. The Labute approximate surface area is 91.4 Å². The molecule has 0 radical (unpaired) electrons. The Hall–Kier alpha value is -0.450. The molecule has 70 valence electrons. The molecule has 0 amide bonds. The Balaban J connectivity index is 2.17. The van der Waals surface area contributed by atoms with Crippen molar-refractivity contribution in [2.24, 2.45) is 0 Å². The standard InChI is InChI=1S/C10H11IO2/c1-12-9-4-7(11)5-10(6-9)13-8-2-3-8/h4-6,8H,2-3H2,1H3. The summed E-state index contributed by atoms with van der Waals surface area (Å²) in [7, 11) is 1.67. The van der Waals surface area contributed by atoms with E-state index < -0.39 is 0 Å². The van der Waals surface area contributed by atoms with E-state index in [0.717, 1.165) is 15.1 Å². The van der Waals surface area contributed by atoms with Crippen LogP contribution < -0.4 is 9.47 Å². The predicted molar refractivity (Wildman–Crippen MR) is 59.4 cm³/mol. The molecule has 1 aliphatic rings. The minimum Gasteiger partial charge on any atom is -0.497 e. The van der Waals surface area contributed by atoms with Crippen molar-refractivity contribution in [1.29, 1.82) is 0 Å². The zero-order valence-electron chi connectivity index (χ0n) is 7.42. The van der Waals surface area contributed by atoms with E-state index in [-0.39, 0.29) is 0 Å². The summed E-state index contributed by atoms with van der Waals surface area (Å²) in [5.41, 5.74) is 0. The monoisotopic (exact) mass is 290 g/mol. The predicted octanol–water partition coefficient (Wildman–Crippen LogP) is 2.84. The quantitative estimate of drug-likeness (QED) is 0.797. The Kier molecular flexibility index (Phi) is 2.62. The molecule has 1 saturated carbocycles. The number of halogens is 1. The van der Waals surface area contributed by atoms with Gasteiger partial charge in [-0.15, -0.1) is 0 Å². The van der Waals surface area contributed by atoms with Crippen LogP contribution in [-0.4, -0.2) is 13.2 Å². The minimum atomic E-state index is 0.447. The summed E-state index contributed by atoms with van der Waals surface area (Å²) in [5, 5.41) is 0. The van der Waals surface area contributed by atoms with Gasteiger partial charge in [0.15, 0.2) is 0 Å². The van der Waals surface area contributed by atoms with Crippen LogP contribution in [0.4, 0.5) is 0 Å². The number of methoxy groups -OCH3 is 1. The summed E-state index contributed by atoms with van der Waals surface area (Å²) in [4.78, 5) is 0. The maximum absolute atomic E-state index is 5.66. The first kappa shape index (κ1) is 9.12. The van der Waals surface area contributed by atoms with E-state index in [1.807, 2.05) is 18.2 Å². The lowest BCUT2D eigenvalue weighted by atomic mass is 10.3. The highest BCUT2D eigenvalue weighted by atomic mass is 127. The molecule has 2 nitrogen and oxygen atoms in total. The van der Waals surface area contributed by atoms with Crippen LogP contribution in [0.5, 0.6) is 11.5 Å². The van der Waals surface area contributed by atoms with E-state index in [1.54, 1.807) is 7.11 Å². The van der Waals surface area contributed by atoms with Crippen molar-refractivity contribution < 1.29 is 9.47 Å². The number of benzene rings is 1. The fourth-order valence-corrected chi connectivity index (χ4v) is 1.72. The van der Waals surface area contributed by atoms with E-state index in [0.29, 0.717) is 6.10 Å². The molecular weight excluding hydrogens is 279 g/mol. The third-order valence-electron chi connectivity index (χ3n) is 1.91. The van der Waals surface area contributed by atoms with Gasteiger partial charge in [0.2, 0.25) is 0 Å². The summed E-state index contributed by atoms with van der Waals surface area (Å²) in [6.07, 6.45) is 2.82. The minimum absolute atomic E-state index is 0.447. The summed E-state index contributed by atoms with van der Waals surface area (Å²) < 4.78 is 12.0. The van der Waals surface area contributed by atoms with Crippen LogP contribution in [0.2, 0.25) is 0 Å². The number of rotatable bonds is 3. The molecule has 0 saturated heterocycles. The summed E-state index contributed by atoms with van der Waals surface area (Å²) in [6, 6.07) is 5.95. The van der Waals surface area contributed by atoms with Crippen LogP contribution in [0.3, 0.4) is 0 Å². The van der Waals surface area contributed by atoms with Crippen molar-refractivity contribution in [3.63, 3.8) is 0 Å². The number of hydrogen-bond donors (Lipinski definition) is 0. The molecule has 0 N–H and O–H groups in total. The normalized spacial score (nSPS) is 15.5. The van der Waals surface area contributed by atoms with Crippen LogP contribution in [0, 0.1) is 3.57 Å². The molecule has 2 rings (SSSR count). The van der Waals surface area contributed by atoms with Gasteiger partial charge >= 0.3 is 0 Å². The summed E-state index contributed by atoms with van der Waals surface area (Å²) in [5.74, 6) is 1.79. The van der Waals surface area contributed by atoms with E-state index >= 15 is 0 Å². The molecule has 0 unspecified atom stereocenters. The van der Waals surface area contributed by atoms with Gasteiger partial charge in [0.05, 0.1) is 13.2 Å². The molecule has 1 aromatic rings. The Bertz CT molecular complexity index is 308. The molecule has 1 aliphatic carbocycles. The van der Waals surface area contributed by atoms with E-state index in [2.05, 4.69) is 22.6 Å². The first-order valence-corrected chi connectivity index (χ1v) is 5.37. The molecule has 0 heterocycles. The van der Waals surface area contributed by atoms with E-state index in [4.69, 9.17) is 9.47 Å². The molecule has 3 heteroatoms. The lowest BCUT2D eigenvalue weighted by Gasteiger charge is -2.07. The SMILES string of the molecule is COc1cc(I)cc(OC2CC2)c1. The molecule has 1 fully saturated rings. The zero-order valence-corrected chi connectivity index (χ0v) is 9.58. The highest BCUT2D eigenvalue weighted by molar-refractivity contribution is 14.1. The van der Waals surface area contributed by atoms with Crippen LogP contribution >= 0.6 is 22.6 Å². The second-order valence-electron chi connectivity index (χ2n) is 3.14. The maximum atomic E-state index is 5.66. The first-order valence-electron chi connectivity index (χ1n) is 4.29. The van der Waals surface area contributed by atoms with Crippen LogP contribution in [0.15, 0.2) is 18.2 Å². The van der Waals surface area contributed by atoms with Gasteiger partial charge in [-0.3, -0.25) is 0 Å². The molecule has 0 bridgehead atoms. The van der Waals surface area contributed by atoms with Gasteiger partial charge in [0.25, 0.3) is 0 Å². The molecule has 1 aromatic carbocycles. The van der Waals surface area contributed by atoms with Gasteiger partial charge in [-0.05, 0) is 47.6 Å². The van der Waals surface area contributed by atoms with Crippen molar-refractivity contribution in [2.75, 3.05) is 7.11 Å². The van der Waals surface area contributed by atoms with Crippen LogP contribution in [0.1, 0.15) is 12.8 Å². The van der Waals surface area contributed by atoms with Crippen LogP contribution in [-0.2, 0) is 0 Å². The first-order chi connectivity index (χ1) is 6.28. The molecule has 0 spiro atoms. The Morgan fingerprint density at radius 3 is 2.54 bits per heavy atom. The highest BCUT2D eigenvalue weighted by Gasteiger charge is 2.23. The van der Waals surface area contributed by atoms with Crippen molar-refractivity contribution in [3.05, 3.63) is 21.8 Å². The molecular formula is C10H11IO2. The van der Waals surface area contributed by atoms with Gasteiger partial charge in [0.1, 0.15) is 11.5 Å². The zero-order chi connectivity index (χ0) is 9.26. The third kappa shape index (κ3) is 2.49. The second-order valence-corrected chi connectivity index (χ2v) is 4.39. The smallest absolute Gasteiger partial charge is 0.124 e. The average Bonchev–Trinajstić information content (AvgIpc) is 2.87. The van der Waals surface area contributed by atoms with Gasteiger partial charge in [-0.2, -0.15) is 0 Å². The van der Waals surface area contributed by atoms with Crippen molar-refractivity contribution in [1.82, 2.24) is 0 Å². The lowest BCUT2D eigenvalue weighted by molar-refractivity contribution is 0.300. The number of hydrogen-bond acceptors (Lipinski definition) is 2. The molecule has 13 heavy (non-hydrogen) atoms. The molecule has 0 aromatic heterocycles. The van der Waals surface area contributed by atoms with Gasteiger partial charge in [-0.25, -0.2) is 0 Å². The van der Waals surface area contributed by atoms with Gasteiger partial charge in [0, 0.05) is 9.64 Å². The topological polar surface area (TPSA) is 18.5 Å². The van der Waals surface area contributed by atoms with E-state index in [1.165, 1.54) is 12.8 Å². The Morgan fingerprint density at radius 2 is 1.92 bits per heavy atom. The fraction of sp³-hybridized carbons (Fsp3) is 0.400. The third-order valence-corrected chi connectivity index (χ3v) is 2.53. The van der Waals surface area contributed by atoms with Gasteiger partial charge in [-0.1, -0.05) is 0 Å². The molecule has 0 aliphatic heterocycles. The molecule has 0 atom stereocenters. The van der Waals surface area contributed by atoms with Gasteiger partial charge < -0.3 is 9.47 Å². The maximum Gasteiger partial charge on any atom is 0.124 e. The fourth-order valence-electron chi connectivity index (χ4n) is 1.10.